The molecule has 2 heterocycles. The molecule has 106 valence electrons. The molecule has 1 aromatic heterocycles. The summed E-state index contributed by atoms with van der Waals surface area (Å²) in [5.41, 5.74) is 0.607. The summed E-state index contributed by atoms with van der Waals surface area (Å²) >= 11 is 3.58. The van der Waals surface area contributed by atoms with Crippen molar-refractivity contribution in [3.05, 3.63) is 34.6 Å². The topological polar surface area (TPSA) is 57.0 Å². The lowest BCUT2D eigenvalue weighted by atomic mass is 9.82. The number of ether oxygens (including phenoxy) is 1. The van der Waals surface area contributed by atoms with Gasteiger partial charge >= 0.3 is 0 Å². The molecule has 0 amide bonds. The number of nitrogens with zero attached hydrogens (tertiary/aromatic N) is 3. The van der Waals surface area contributed by atoms with Gasteiger partial charge in [-0.15, -0.1) is 5.10 Å². The summed E-state index contributed by atoms with van der Waals surface area (Å²) in [4.78, 5) is 12.5. The van der Waals surface area contributed by atoms with Crippen molar-refractivity contribution >= 4 is 26.8 Å². The number of rotatable bonds is 3. The number of alkyl halides is 1. The van der Waals surface area contributed by atoms with Crippen molar-refractivity contribution in [2.75, 3.05) is 18.5 Å². The third kappa shape index (κ3) is 2.50. The molecule has 1 aromatic carbocycles. The number of hydrogen-bond donors (Lipinski definition) is 0. The van der Waals surface area contributed by atoms with Gasteiger partial charge in [-0.2, -0.15) is 0 Å². The number of hydrogen-bond acceptors (Lipinski definition) is 4. The summed E-state index contributed by atoms with van der Waals surface area (Å²) in [5, 5.41) is 9.69. The summed E-state index contributed by atoms with van der Waals surface area (Å²) in [6.45, 7) is 2.06. The Labute approximate surface area is 125 Å². The van der Waals surface area contributed by atoms with Crippen molar-refractivity contribution in [1.82, 2.24) is 15.0 Å². The van der Waals surface area contributed by atoms with Crippen molar-refractivity contribution in [1.29, 1.82) is 0 Å². The highest BCUT2D eigenvalue weighted by Gasteiger charge is 2.33. The Kier molecular flexibility index (Phi) is 3.85. The van der Waals surface area contributed by atoms with Gasteiger partial charge in [0.05, 0.1) is 11.9 Å². The molecular weight excluding hydrogens is 322 g/mol. The highest BCUT2D eigenvalue weighted by molar-refractivity contribution is 9.09. The van der Waals surface area contributed by atoms with Gasteiger partial charge in [0.15, 0.2) is 0 Å². The van der Waals surface area contributed by atoms with E-state index >= 15 is 0 Å². The number of fused-ring (bicyclic) bond motifs is 1. The molecule has 0 spiro atoms. The van der Waals surface area contributed by atoms with Crippen molar-refractivity contribution in [3.8, 4) is 0 Å². The van der Waals surface area contributed by atoms with Crippen molar-refractivity contribution in [2.24, 2.45) is 5.41 Å². The molecule has 0 aliphatic carbocycles. The maximum absolute atomic E-state index is 12.5. The normalized spacial score (nSPS) is 18.2. The Bertz CT molecular complexity index is 665. The first kappa shape index (κ1) is 13.7. The van der Waals surface area contributed by atoms with E-state index < -0.39 is 0 Å². The molecule has 1 aliphatic heterocycles. The molecule has 3 rings (SSSR count). The third-order valence-corrected chi connectivity index (χ3v) is 5.14. The van der Waals surface area contributed by atoms with E-state index in [2.05, 4.69) is 26.2 Å². The van der Waals surface area contributed by atoms with Crippen LogP contribution in [0.2, 0.25) is 0 Å². The van der Waals surface area contributed by atoms with Gasteiger partial charge in [-0.25, -0.2) is 4.68 Å². The molecule has 0 unspecified atom stereocenters. The van der Waals surface area contributed by atoms with Crippen molar-refractivity contribution in [3.63, 3.8) is 0 Å². The van der Waals surface area contributed by atoms with Gasteiger partial charge in [0, 0.05) is 24.0 Å². The van der Waals surface area contributed by atoms with Gasteiger partial charge in [-0.1, -0.05) is 33.3 Å². The van der Waals surface area contributed by atoms with E-state index in [0.29, 0.717) is 17.4 Å². The van der Waals surface area contributed by atoms with Gasteiger partial charge in [0.2, 0.25) is 0 Å². The first-order chi connectivity index (χ1) is 9.74. The van der Waals surface area contributed by atoms with Crippen LogP contribution in [0.3, 0.4) is 0 Å². The maximum Gasteiger partial charge on any atom is 0.277 e. The van der Waals surface area contributed by atoms with E-state index in [1.165, 1.54) is 4.68 Å². The molecule has 5 nitrogen and oxygen atoms in total. The highest BCUT2D eigenvalue weighted by atomic mass is 79.9. The second-order valence-corrected chi connectivity index (χ2v) is 5.88. The number of aromatic nitrogens is 3. The van der Waals surface area contributed by atoms with Crippen LogP contribution in [-0.2, 0) is 11.3 Å². The predicted octanol–water partition coefficient (Wildman–Crippen LogP) is 1.98. The van der Waals surface area contributed by atoms with Crippen LogP contribution in [0.25, 0.3) is 10.9 Å². The Balaban J connectivity index is 1.98. The number of halogens is 1. The monoisotopic (exact) mass is 337 g/mol. The summed E-state index contributed by atoms with van der Waals surface area (Å²) in [5.74, 6) is 0. The molecule has 0 bridgehead atoms. The van der Waals surface area contributed by atoms with Crippen molar-refractivity contribution < 1.29 is 4.74 Å². The van der Waals surface area contributed by atoms with Gasteiger partial charge in [0.1, 0.15) is 5.52 Å². The Morgan fingerprint density at radius 2 is 2.05 bits per heavy atom. The van der Waals surface area contributed by atoms with Crippen LogP contribution >= 0.6 is 15.9 Å². The van der Waals surface area contributed by atoms with E-state index in [-0.39, 0.29) is 11.0 Å². The Hall–Kier alpha value is -1.27. The Morgan fingerprint density at radius 3 is 2.80 bits per heavy atom. The largest absolute Gasteiger partial charge is 0.381 e. The minimum absolute atomic E-state index is 0.0270. The molecule has 20 heavy (non-hydrogen) atoms. The van der Waals surface area contributed by atoms with E-state index in [0.717, 1.165) is 31.4 Å². The summed E-state index contributed by atoms with van der Waals surface area (Å²) in [6.07, 6.45) is 1.86. The molecule has 1 saturated heterocycles. The summed E-state index contributed by atoms with van der Waals surface area (Å²) < 4.78 is 6.92. The summed E-state index contributed by atoms with van der Waals surface area (Å²) in [6, 6.07) is 7.32. The van der Waals surface area contributed by atoms with E-state index in [1.54, 1.807) is 6.07 Å². The zero-order chi connectivity index (χ0) is 14.0. The minimum Gasteiger partial charge on any atom is -0.381 e. The molecule has 0 radical (unpaired) electrons. The second kappa shape index (κ2) is 5.61. The summed E-state index contributed by atoms with van der Waals surface area (Å²) in [7, 11) is 0. The van der Waals surface area contributed by atoms with Gasteiger partial charge in [-0.05, 0) is 25.0 Å². The molecule has 0 atom stereocenters. The third-order valence-electron chi connectivity index (χ3n) is 3.95. The quantitative estimate of drug-likeness (QED) is 0.803. The maximum atomic E-state index is 12.5. The predicted molar refractivity (Wildman–Crippen MR) is 80.1 cm³/mol. The van der Waals surface area contributed by atoms with Crippen LogP contribution in [0.5, 0.6) is 0 Å². The van der Waals surface area contributed by atoms with Crippen LogP contribution in [0.1, 0.15) is 12.8 Å². The Morgan fingerprint density at radius 1 is 1.30 bits per heavy atom. The molecule has 1 aliphatic rings. The van der Waals surface area contributed by atoms with Crippen LogP contribution < -0.4 is 5.56 Å². The van der Waals surface area contributed by atoms with Crippen LogP contribution in [0, 0.1) is 5.41 Å². The minimum atomic E-state index is -0.0672. The number of benzene rings is 1. The average Bonchev–Trinajstić information content (AvgIpc) is 2.51. The van der Waals surface area contributed by atoms with E-state index in [4.69, 9.17) is 4.74 Å². The zero-order valence-electron chi connectivity index (χ0n) is 11.1. The molecule has 1 fully saturated rings. The lowest BCUT2D eigenvalue weighted by molar-refractivity contribution is 0.0160. The standard InChI is InChI=1S/C14H16BrN3O2/c15-9-14(5-7-20-8-6-14)10-18-13(19)11-3-1-2-4-12(11)16-17-18/h1-4H,5-10H2. The van der Waals surface area contributed by atoms with Crippen LogP contribution in [0.4, 0.5) is 0 Å². The first-order valence-corrected chi connectivity index (χ1v) is 7.83. The smallest absolute Gasteiger partial charge is 0.277 e. The molecule has 0 saturated carbocycles. The van der Waals surface area contributed by atoms with Gasteiger partial charge in [0.25, 0.3) is 5.56 Å². The average molecular weight is 338 g/mol. The first-order valence-electron chi connectivity index (χ1n) is 6.70. The van der Waals surface area contributed by atoms with E-state index in [1.807, 2.05) is 18.2 Å². The fourth-order valence-electron chi connectivity index (χ4n) is 2.58. The van der Waals surface area contributed by atoms with Gasteiger partial charge in [-0.3, -0.25) is 4.79 Å². The SMILES string of the molecule is O=c1c2ccccc2nnn1CC1(CBr)CCOCC1. The fourth-order valence-corrected chi connectivity index (χ4v) is 3.32. The second-order valence-electron chi connectivity index (χ2n) is 5.32. The molecule has 6 heteroatoms. The lowest BCUT2D eigenvalue weighted by Crippen LogP contribution is -2.39. The fraction of sp³-hybridized carbons (Fsp3) is 0.500. The van der Waals surface area contributed by atoms with Gasteiger partial charge < -0.3 is 4.74 Å². The molecule has 2 aromatic rings. The molecular formula is C14H16BrN3O2. The highest BCUT2D eigenvalue weighted by Crippen LogP contribution is 2.33. The lowest BCUT2D eigenvalue weighted by Gasteiger charge is -2.35. The van der Waals surface area contributed by atoms with E-state index in [9.17, 15) is 4.79 Å². The van der Waals surface area contributed by atoms with Crippen molar-refractivity contribution in [2.45, 2.75) is 19.4 Å². The van der Waals surface area contributed by atoms with Crippen LogP contribution in [-0.4, -0.2) is 33.5 Å². The van der Waals surface area contributed by atoms with Crippen LogP contribution in [0.15, 0.2) is 29.1 Å². The molecule has 0 N–H and O–H groups in total. The zero-order valence-corrected chi connectivity index (χ0v) is 12.7.